The van der Waals surface area contributed by atoms with E-state index in [0.717, 1.165) is 50.0 Å². The minimum absolute atomic E-state index is 0.0835. The first-order valence-corrected chi connectivity index (χ1v) is 16.2. The van der Waals surface area contributed by atoms with Crippen LogP contribution >= 0.6 is 20.8 Å². The fourth-order valence-electron chi connectivity index (χ4n) is 3.93. The maximum absolute atomic E-state index is 13.6. The molecule has 204 valence electrons. The summed E-state index contributed by atoms with van der Waals surface area (Å²) >= 11 is 7.47. The second kappa shape index (κ2) is 16.8. The number of hydrogen-bond acceptors (Lipinski definition) is 2. The number of hydrogen-bond donors (Lipinski definition) is 1. The van der Waals surface area contributed by atoms with Crippen LogP contribution in [0.4, 0.5) is 8.78 Å². The van der Waals surface area contributed by atoms with Crippen LogP contribution in [0.2, 0.25) is 9.89 Å². The zero-order chi connectivity index (χ0) is 28.2. The summed E-state index contributed by atoms with van der Waals surface area (Å²) in [6, 6.07) is 8.68. The minimum atomic E-state index is -3.09. The van der Waals surface area contributed by atoms with E-state index in [2.05, 4.69) is 28.7 Å². The second-order valence-electron chi connectivity index (χ2n) is 9.22. The van der Waals surface area contributed by atoms with Gasteiger partial charge in [-0.3, -0.25) is 9.78 Å². The molecular weight excluding hydrogens is 621 g/mol. The first kappa shape index (κ1) is 33.9. The predicted octanol–water partition coefficient (Wildman–Crippen LogP) is 7.88. The second-order valence-corrected chi connectivity index (χ2v) is 10.4. The van der Waals surface area contributed by atoms with Gasteiger partial charge in [-0.25, -0.2) is 0 Å². The van der Waals surface area contributed by atoms with Crippen molar-refractivity contribution < 1.29 is 13.6 Å². The summed E-state index contributed by atoms with van der Waals surface area (Å²) < 4.78 is 27.2. The molecule has 1 amide bonds. The SMILES string of the molecule is CCCC(CCC)C(=O)N=C(N)c1ccc(C(F)(F)P)nc1C1CCC1.Cc1ccc(Cl)cc1C.[CH3][Sb]. The fraction of sp³-hybridized carbons (Fsp3) is 0.536. The van der Waals surface area contributed by atoms with Crippen LogP contribution in [0.25, 0.3) is 0 Å². The zero-order valence-electron chi connectivity index (χ0n) is 22.5. The van der Waals surface area contributed by atoms with Crippen LogP contribution < -0.4 is 5.73 Å². The zero-order valence-corrected chi connectivity index (χ0v) is 27.0. The number of carbonyl (C=O) groups excluding carboxylic acids is 1. The number of pyridine rings is 1. The summed E-state index contributed by atoms with van der Waals surface area (Å²) in [4.78, 5) is 22.8. The van der Waals surface area contributed by atoms with E-state index in [1.807, 2.05) is 32.0 Å². The molecule has 2 N–H and O–H groups in total. The standard InChI is InChI=1S/C19H28F2N3OP.C8H9Cl.CH3.Sb/c1-3-6-13(7-4-2)18(25)24-17(22)14-10-11-15(19(20,21)26)23-16(14)12-8-5-9-12;1-6-3-4-8(9)5-7(6)2;;/h10-13H,3-9,26H2,1-2H3,(H2,22,24,25);3-5H,1-2H3;1H3;. The normalized spacial score (nSPS) is 13.8. The topological polar surface area (TPSA) is 68.3 Å². The first-order chi connectivity index (χ1) is 17.5. The van der Waals surface area contributed by atoms with Crippen molar-refractivity contribution in [1.29, 1.82) is 0 Å². The molecule has 37 heavy (non-hydrogen) atoms. The number of amides is 1. The van der Waals surface area contributed by atoms with E-state index in [9.17, 15) is 13.6 Å². The van der Waals surface area contributed by atoms with Gasteiger partial charge < -0.3 is 5.73 Å². The number of amidine groups is 1. The van der Waals surface area contributed by atoms with E-state index in [4.69, 9.17) is 17.3 Å². The number of aliphatic imine (C=N–C) groups is 1. The summed E-state index contributed by atoms with van der Waals surface area (Å²) in [7, 11) is 1.51. The van der Waals surface area contributed by atoms with Crippen molar-refractivity contribution in [3.63, 3.8) is 0 Å². The Labute approximate surface area is 242 Å². The number of benzene rings is 1. The van der Waals surface area contributed by atoms with E-state index in [1.165, 1.54) is 32.5 Å². The van der Waals surface area contributed by atoms with Crippen LogP contribution in [0.5, 0.6) is 0 Å². The van der Waals surface area contributed by atoms with Crippen LogP contribution in [0, 0.1) is 19.8 Å². The summed E-state index contributed by atoms with van der Waals surface area (Å²) in [5, 5.41) is 0.818. The van der Waals surface area contributed by atoms with Gasteiger partial charge in [-0.05, 0) is 74.9 Å². The number of aromatic nitrogens is 1. The van der Waals surface area contributed by atoms with Gasteiger partial charge in [0.25, 0.3) is 11.6 Å². The molecule has 1 aromatic carbocycles. The molecule has 1 saturated carbocycles. The number of nitrogens with zero attached hydrogens (tertiary/aromatic N) is 2. The molecule has 0 aliphatic heterocycles. The molecule has 0 spiro atoms. The molecule has 0 saturated heterocycles. The van der Waals surface area contributed by atoms with Crippen LogP contribution in [-0.2, 0) is 10.5 Å². The van der Waals surface area contributed by atoms with Crippen LogP contribution in [-0.4, -0.2) is 39.7 Å². The van der Waals surface area contributed by atoms with Gasteiger partial charge in [-0.2, -0.15) is 13.8 Å². The molecular formula is C28H40ClF2N3OPSb. The average Bonchev–Trinajstić information content (AvgIpc) is 2.81. The number of alkyl halides is 2. The van der Waals surface area contributed by atoms with Crippen molar-refractivity contribution in [2.75, 3.05) is 0 Å². The van der Waals surface area contributed by atoms with E-state index in [0.29, 0.717) is 11.3 Å². The third-order valence-electron chi connectivity index (χ3n) is 6.36. The summed E-state index contributed by atoms with van der Waals surface area (Å²) in [6.45, 7) is 8.19. The molecule has 1 aliphatic carbocycles. The molecule has 2 aromatic rings. The van der Waals surface area contributed by atoms with E-state index >= 15 is 0 Å². The van der Waals surface area contributed by atoms with Crippen molar-refractivity contribution in [3.8, 4) is 0 Å². The average molecular weight is 661 g/mol. The number of rotatable bonds is 8. The summed E-state index contributed by atoms with van der Waals surface area (Å²) in [5.41, 5.74) is 6.29. The molecule has 1 aliphatic rings. The van der Waals surface area contributed by atoms with Gasteiger partial charge in [0.15, 0.2) is 0 Å². The number of carbonyl (C=O) groups is 1. The predicted molar refractivity (Wildman–Crippen MR) is 156 cm³/mol. The maximum atomic E-state index is 13.6. The van der Waals surface area contributed by atoms with Crippen molar-refractivity contribution in [3.05, 3.63) is 63.4 Å². The Hall–Kier alpha value is -1.09. The van der Waals surface area contributed by atoms with Gasteiger partial charge >= 0.3 is 27.9 Å². The third-order valence-corrected chi connectivity index (χ3v) is 6.89. The number of aryl methyl sites for hydroxylation is 2. The van der Waals surface area contributed by atoms with Gasteiger partial charge in [0, 0.05) is 22.4 Å². The Morgan fingerprint density at radius 1 is 1.16 bits per heavy atom. The monoisotopic (exact) mass is 659 g/mol. The van der Waals surface area contributed by atoms with Gasteiger partial charge in [0.2, 0.25) is 0 Å². The van der Waals surface area contributed by atoms with E-state index in [-0.39, 0.29) is 29.3 Å². The van der Waals surface area contributed by atoms with Gasteiger partial charge in [0.05, 0.1) is 5.69 Å². The summed E-state index contributed by atoms with van der Waals surface area (Å²) in [5.74, 6) is -0.186. The van der Waals surface area contributed by atoms with Crippen LogP contribution in [0.3, 0.4) is 0 Å². The first-order valence-electron chi connectivity index (χ1n) is 12.7. The molecule has 1 fully saturated rings. The molecule has 1 atom stereocenters. The molecule has 3 rings (SSSR count). The molecule has 1 unspecified atom stereocenters. The van der Waals surface area contributed by atoms with Crippen molar-refractivity contribution in [2.45, 2.75) is 89.1 Å². The molecule has 9 heteroatoms. The third kappa shape index (κ3) is 10.9. The Morgan fingerprint density at radius 3 is 2.19 bits per heavy atom. The van der Waals surface area contributed by atoms with Crippen molar-refractivity contribution in [2.24, 2.45) is 16.6 Å². The van der Waals surface area contributed by atoms with E-state index < -0.39 is 5.66 Å². The van der Waals surface area contributed by atoms with Gasteiger partial charge in [0.1, 0.15) is 11.5 Å². The van der Waals surface area contributed by atoms with Gasteiger partial charge in [-0.15, -0.1) is 0 Å². The van der Waals surface area contributed by atoms with E-state index in [1.54, 1.807) is 23.0 Å². The van der Waals surface area contributed by atoms with Crippen molar-refractivity contribution >= 4 is 55.6 Å². The van der Waals surface area contributed by atoms with Crippen molar-refractivity contribution in [1.82, 2.24) is 4.98 Å². The Kier molecular flexibility index (Phi) is 15.4. The molecule has 0 bridgehead atoms. The number of nitrogens with two attached hydrogens (primary N) is 1. The fourth-order valence-corrected chi connectivity index (χ4v) is 4.32. The Balaban J connectivity index is 0.000000519. The molecule has 4 nitrogen and oxygen atoms in total. The molecule has 2 radical (unpaired) electrons. The van der Waals surface area contributed by atoms with Gasteiger partial charge in [-0.1, -0.05) is 60.0 Å². The van der Waals surface area contributed by atoms with Crippen LogP contribution in [0.15, 0.2) is 35.3 Å². The molecule has 1 aromatic heterocycles. The Morgan fingerprint density at radius 2 is 1.76 bits per heavy atom. The van der Waals surface area contributed by atoms with Crippen LogP contribution in [0.1, 0.15) is 92.8 Å². The summed E-state index contributed by atoms with van der Waals surface area (Å²) in [6.07, 6.45) is 6.17. The Bertz CT molecular complexity index is 1040. The quantitative estimate of drug-likeness (QED) is 0.136. The number of halogens is 3. The molecule has 1 heterocycles.